The molecule has 2 heterocycles. The molecule has 0 saturated heterocycles. The Morgan fingerprint density at radius 1 is 1.32 bits per heavy atom. The van der Waals surface area contributed by atoms with E-state index in [1.807, 2.05) is 0 Å². The Kier molecular flexibility index (Phi) is 5.32. The van der Waals surface area contributed by atoms with Crippen LogP contribution in [0.4, 0.5) is 16.0 Å². The molecule has 0 bridgehead atoms. The van der Waals surface area contributed by atoms with Crippen LogP contribution >= 0.6 is 0 Å². The second-order valence-corrected chi connectivity index (χ2v) is 6.18. The Labute approximate surface area is 145 Å². The molecule has 1 fully saturated rings. The van der Waals surface area contributed by atoms with Gasteiger partial charge in [0.25, 0.3) is 11.8 Å². The van der Waals surface area contributed by atoms with E-state index in [1.165, 1.54) is 7.11 Å². The molecule has 3 rings (SSSR count). The number of anilines is 2. The Hall–Kier alpha value is -2.42. The van der Waals surface area contributed by atoms with E-state index in [9.17, 15) is 9.50 Å². The van der Waals surface area contributed by atoms with Crippen molar-refractivity contribution in [3.63, 3.8) is 0 Å². The second-order valence-electron chi connectivity index (χ2n) is 6.18. The summed E-state index contributed by atoms with van der Waals surface area (Å²) in [5.74, 6) is 0.180. The van der Waals surface area contributed by atoms with Gasteiger partial charge in [0.15, 0.2) is 0 Å². The highest BCUT2D eigenvalue weighted by Crippen LogP contribution is 2.27. The minimum atomic E-state index is -0.612. The zero-order valence-electron chi connectivity index (χ0n) is 14.3. The molecule has 2 aromatic heterocycles. The summed E-state index contributed by atoms with van der Waals surface area (Å²) in [6.45, 7) is 0.371. The number of hydrogen-bond acceptors (Lipinski definition) is 7. The van der Waals surface area contributed by atoms with Gasteiger partial charge in [-0.25, -0.2) is 4.98 Å². The molecule has 0 aromatic carbocycles. The molecule has 1 aliphatic carbocycles. The lowest BCUT2D eigenvalue weighted by atomic mass is 9.88. The maximum absolute atomic E-state index is 13.9. The van der Waals surface area contributed by atoms with Crippen molar-refractivity contribution in [1.29, 1.82) is 0 Å². The molecule has 136 valence electrons. The van der Waals surface area contributed by atoms with E-state index in [0.717, 1.165) is 31.9 Å². The number of halogens is 1. The summed E-state index contributed by atoms with van der Waals surface area (Å²) in [6, 6.07) is 0. The number of nitrogens with one attached hydrogen (secondary N) is 1. The van der Waals surface area contributed by atoms with Gasteiger partial charge in [-0.2, -0.15) is 9.37 Å². The molecule has 2 N–H and O–H groups in total. The summed E-state index contributed by atoms with van der Waals surface area (Å²) in [5.41, 5.74) is 0.573. The zero-order chi connectivity index (χ0) is 17.8. The van der Waals surface area contributed by atoms with Gasteiger partial charge in [-0.05, 0) is 31.6 Å². The summed E-state index contributed by atoms with van der Waals surface area (Å²) in [4.78, 5) is 8.01. The minimum absolute atomic E-state index is 0.0912. The third-order valence-corrected chi connectivity index (χ3v) is 4.22. The van der Waals surface area contributed by atoms with Crippen molar-refractivity contribution in [2.24, 2.45) is 13.0 Å². The zero-order valence-corrected chi connectivity index (χ0v) is 14.3. The van der Waals surface area contributed by atoms with Crippen molar-refractivity contribution >= 4 is 11.6 Å². The first-order valence-corrected chi connectivity index (χ1v) is 8.23. The number of aliphatic hydroxyl groups is 1. The first-order chi connectivity index (χ1) is 12.0. The van der Waals surface area contributed by atoms with Crippen molar-refractivity contribution < 1.29 is 19.0 Å². The molecule has 0 aliphatic heterocycles. The quantitative estimate of drug-likeness (QED) is 0.822. The summed E-state index contributed by atoms with van der Waals surface area (Å²) >= 11 is 0. The van der Waals surface area contributed by atoms with E-state index >= 15 is 0 Å². The van der Waals surface area contributed by atoms with Crippen LogP contribution in [0.2, 0.25) is 0 Å². The largest absolute Gasteiger partial charge is 0.478 e. The molecular formula is C16H22FN5O3. The van der Waals surface area contributed by atoms with Gasteiger partial charge >= 0.3 is 0 Å². The molecule has 0 unspecified atom stereocenters. The molecule has 2 aromatic rings. The molecule has 1 saturated carbocycles. The van der Waals surface area contributed by atoms with E-state index < -0.39 is 5.82 Å². The predicted molar refractivity (Wildman–Crippen MR) is 88.5 cm³/mol. The van der Waals surface area contributed by atoms with E-state index in [2.05, 4.69) is 20.4 Å². The average molecular weight is 351 g/mol. The average Bonchev–Trinajstić information content (AvgIpc) is 2.96. The molecule has 9 heteroatoms. The molecule has 8 nitrogen and oxygen atoms in total. The molecule has 1 aliphatic rings. The first kappa shape index (κ1) is 17.4. The SMILES string of the molecule is COc1nn(C)cc1Nc1ncc(F)c(OC[C@H]2CC[C@H](O)CC2)n1. The number of aryl methyl sites for hydroxylation is 1. The molecule has 0 atom stereocenters. The van der Waals surface area contributed by atoms with Crippen LogP contribution in [0.3, 0.4) is 0 Å². The number of aliphatic hydroxyl groups excluding tert-OH is 1. The maximum Gasteiger partial charge on any atom is 0.256 e. The van der Waals surface area contributed by atoms with Gasteiger partial charge < -0.3 is 19.9 Å². The minimum Gasteiger partial charge on any atom is -0.478 e. The Bertz CT molecular complexity index is 716. The van der Waals surface area contributed by atoms with Crippen LogP contribution < -0.4 is 14.8 Å². The Morgan fingerprint density at radius 3 is 2.80 bits per heavy atom. The number of ether oxygens (including phenoxy) is 2. The highest BCUT2D eigenvalue weighted by molar-refractivity contribution is 5.58. The number of methoxy groups -OCH3 is 1. The van der Waals surface area contributed by atoms with Gasteiger partial charge in [0.2, 0.25) is 11.8 Å². The molecule has 25 heavy (non-hydrogen) atoms. The van der Waals surface area contributed by atoms with Crippen molar-refractivity contribution in [1.82, 2.24) is 19.7 Å². The van der Waals surface area contributed by atoms with Gasteiger partial charge in [-0.1, -0.05) is 0 Å². The van der Waals surface area contributed by atoms with Crippen molar-refractivity contribution in [2.75, 3.05) is 19.0 Å². The smallest absolute Gasteiger partial charge is 0.256 e. The van der Waals surface area contributed by atoms with Gasteiger partial charge in [-0.3, -0.25) is 4.68 Å². The summed E-state index contributed by atoms with van der Waals surface area (Å²) < 4.78 is 26.2. The monoisotopic (exact) mass is 351 g/mol. The lowest BCUT2D eigenvalue weighted by Crippen LogP contribution is -2.23. The van der Waals surface area contributed by atoms with Crippen LogP contribution in [0.1, 0.15) is 25.7 Å². The van der Waals surface area contributed by atoms with Crippen LogP contribution in [0, 0.1) is 11.7 Å². The van der Waals surface area contributed by atoms with Crippen molar-refractivity contribution in [3.8, 4) is 11.8 Å². The van der Waals surface area contributed by atoms with Gasteiger partial charge in [0.05, 0.1) is 32.2 Å². The van der Waals surface area contributed by atoms with Crippen LogP contribution in [-0.2, 0) is 7.05 Å². The van der Waals surface area contributed by atoms with Crippen LogP contribution in [0.5, 0.6) is 11.8 Å². The summed E-state index contributed by atoms with van der Waals surface area (Å²) in [7, 11) is 3.27. The molecule has 0 amide bonds. The Balaban J connectivity index is 1.65. The van der Waals surface area contributed by atoms with Crippen LogP contribution in [0.25, 0.3) is 0 Å². The number of aromatic nitrogens is 4. The van der Waals surface area contributed by atoms with E-state index in [0.29, 0.717) is 24.1 Å². The fourth-order valence-electron chi connectivity index (χ4n) is 2.85. The summed E-state index contributed by atoms with van der Waals surface area (Å²) in [5, 5.41) is 16.6. The van der Waals surface area contributed by atoms with Gasteiger partial charge in [0, 0.05) is 7.05 Å². The fraction of sp³-hybridized carbons (Fsp3) is 0.562. The van der Waals surface area contributed by atoms with Crippen LogP contribution in [-0.4, -0.2) is 44.7 Å². The van der Waals surface area contributed by atoms with E-state index in [4.69, 9.17) is 9.47 Å². The van der Waals surface area contributed by atoms with E-state index in [-0.39, 0.29) is 17.9 Å². The van der Waals surface area contributed by atoms with Crippen LogP contribution in [0.15, 0.2) is 12.4 Å². The number of rotatable bonds is 6. The fourth-order valence-corrected chi connectivity index (χ4v) is 2.85. The maximum atomic E-state index is 13.9. The molecular weight excluding hydrogens is 329 g/mol. The van der Waals surface area contributed by atoms with Gasteiger partial charge in [0.1, 0.15) is 5.69 Å². The van der Waals surface area contributed by atoms with Crippen molar-refractivity contribution in [2.45, 2.75) is 31.8 Å². The summed E-state index contributed by atoms with van der Waals surface area (Å²) in [6.07, 6.45) is 5.80. The number of hydrogen-bond donors (Lipinski definition) is 2. The third kappa shape index (κ3) is 4.36. The van der Waals surface area contributed by atoms with Crippen molar-refractivity contribution in [3.05, 3.63) is 18.2 Å². The normalized spacial score (nSPS) is 20.3. The number of nitrogens with zero attached hydrogens (tertiary/aromatic N) is 4. The van der Waals surface area contributed by atoms with E-state index in [1.54, 1.807) is 17.9 Å². The third-order valence-electron chi connectivity index (χ3n) is 4.22. The van der Waals surface area contributed by atoms with Gasteiger partial charge in [-0.15, -0.1) is 5.10 Å². The lowest BCUT2D eigenvalue weighted by molar-refractivity contribution is 0.0899. The first-order valence-electron chi connectivity index (χ1n) is 8.23. The standard InChI is InChI=1S/C16H22FN5O3/c1-22-8-13(15(21-22)24-2)19-16-18-7-12(17)14(20-16)25-9-10-3-5-11(23)6-4-10/h7-8,10-11,23H,3-6,9H2,1-2H3,(H,18,19,20)/t10-,11-. The highest BCUT2D eigenvalue weighted by atomic mass is 19.1. The molecule has 0 radical (unpaired) electrons. The Morgan fingerprint density at radius 2 is 2.08 bits per heavy atom. The highest BCUT2D eigenvalue weighted by Gasteiger charge is 2.21. The predicted octanol–water partition coefficient (Wildman–Crippen LogP) is 2.03. The lowest BCUT2D eigenvalue weighted by Gasteiger charge is -2.25. The second kappa shape index (κ2) is 7.64. The topological polar surface area (TPSA) is 94.3 Å². The molecule has 0 spiro atoms.